The molecule has 0 spiro atoms. The third kappa shape index (κ3) is 3.86. The van der Waals surface area contributed by atoms with Crippen LogP contribution in [0.15, 0.2) is 18.2 Å². The predicted molar refractivity (Wildman–Crippen MR) is 72.0 cm³/mol. The topological polar surface area (TPSA) is 55.1 Å². The van der Waals surface area contributed by atoms with Gasteiger partial charge in [0, 0.05) is 18.2 Å². The second kappa shape index (κ2) is 5.82. The van der Waals surface area contributed by atoms with E-state index in [9.17, 15) is 4.79 Å². The van der Waals surface area contributed by atoms with Crippen LogP contribution in [-0.4, -0.2) is 11.9 Å². The van der Waals surface area contributed by atoms with Gasteiger partial charge in [-0.25, -0.2) is 0 Å². The molecule has 1 rings (SSSR count). The van der Waals surface area contributed by atoms with Crippen LogP contribution in [0.2, 0.25) is 0 Å². The smallest absolute Gasteiger partial charge is 0.225 e. The molecule has 0 aliphatic rings. The van der Waals surface area contributed by atoms with Crippen LogP contribution in [0.5, 0.6) is 0 Å². The first kappa shape index (κ1) is 13.7. The van der Waals surface area contributed by atoms with Gasteiger partial charge in [0.15, 0.2) is 0 Å². The summed E-state index contributed by atoms with van der Waals surface area (Å²) in [6, 6.07) is 5.81. The van der Waals surface area contributed by atoms with Gasteiger partial charge in [0.25, 0.3) is 0 Å². The Bertz CT molecular complexity index is 399. The average molecular weight is 234 g/mol. The number of carbonyl (C=O) groups excluding carboxylic acids is 1. The fourth-order valence-corrected chi connectivity index (χ4v) is 1.54. The zero-order chi connectivity index (χ0) is 13.0. The maximum absolute atomic E-state index is 11.8. The lowest BCUT2D eigenvalue weighted by atomic mass is 10.0. The van der Waals surface area contributed by atoms with Crippen LogP contribution in [0.3, 0.4) is 0 Å². The van der Waals surface area contributed by atoms with E-state index in [1.54, 1.807) is 0 Å². The number of carbonyl (C=O) groups is 1. The molecule has 1 aromatic rings. The van der Waals surface area contributed by atoms with Crippen molar-refractivity contribution in [2.24, 2.45) is 11.7 Å². The molecule has 1 aromatic carbocycles. The Morgan fingerprint density at radius 1 is 1.35 bits per heavy atom. The van der Waals surface area contributed by atoms with Gasteiger partial charge in [-0.3, -0.25) is 4.79 Å². The Morgan fingerprint density at radius 3 is 2.59 bits per heavy atom. The second-order valence-electron chi connectivity index (χ2n) is 4.91. The van der Waals surface area contributed by atoms with E-state index in [4.69, 9.17) is 5.73 Å². The molecule has 0 saturated carbocycles. The number of benzene rings is 1. The van der Waals surface area contributed by atoms with Crippen molar-refractivity contribution < 1.29 is 4.79 Å². The van der Waals surface area contributed by atoms with Crippen molar-refractivity contribution >= 4 is 11.6 Å². The molecule has 0 fully saturated rings. The van der Waals surface area contributed by atoms with Gasteiger partial charge in [-0.15, -0.1) is 0 Å². The largest absolute Gasteiger partial charge is 0.327 e. The first-order valence-electron chi connectivity index (χ1n) is 6.03. The summed E-state index contributed by atoms with van der Waals surface area (Å²) < 4.78 is 0. The maximum atomic E-state index is 11.8. The summed E-state index contributed by atoms with van der Waals surface area (Å²) in [5, 5.41) is 2.92. The molecule has 0 heterocycles. The van der Waals surface area contributed by atoms with Gasteiger partial charge in [0.05, 0.1) is 0 Å². The summed E-state index contributed by atoms with van der Waals surface area (Å²) in [6.45, 7) is 8.09. The van der Waals surface area contributed by atoms with Crippen LogP contribution in [0.25, 0.3) is 0 Å². The highest BCUT2D eigenvalue weighted by atomic mass is 16.1. The van der Waals surface area contributed by atoms with E-state index in [0.717, 1.165) is 11.3 Å². The number of nitrogens with two attached hydrogens (primary N) is 1. The van der Waals surface area contributed by atoms with Crippen molar-refractivity contribution in [3.05, 3.63) is 29.3 Å². The first-order chi connectivity index (χ1) is 7.91. The van der Waals surface area contributed by atoms with Crippen molar-refractivity contribution in [1.29, 1.82) is 0 Å². The van der Waals surface area contributed by atoms with E-state index in [-0.39, 0.29) is 11.9 Å². The van der Waals surface area contributed by atoms with Crippen LogP contribution in [0, 0.1) is 19.8 Å². The summed E-state index contributed by atoms with van der Waals surface area (Å²) in [5.74, 6) is 0.305. The van der Waals surface area contributed by atoms with E-state index in [1.165, 1.54) is 5.56 Å². The van der Waals surface area contributed by atoms with E-state index >= 15 is 0 Å². The van der Waals surface area contributed by atoms with Gasteiger partial charge < -0.3 is 11.1 Å². The summed E-state index contributed by atoms with van der Waals surface area (Å²) >= 11 is 0. The van der Waals surface area contributed by atoms with Crippen molar-refractivity contribution in [3.63, 3.8) is 0 Å². The SMILES string of the molecule is Cc1cccc(NC(=O)CC(N)C(C)C)c1C. The highest BCUT2D eigenvalue weighted by Gasteiger charge is 2.13. The molecule has 3 N–H and O–H groups in total. The van der Waals surface area contributed by atoms with Crippen molar-refractivity contribution in [3.8, 4) is 0 Å². The average Bonchev–Trinajstić information content (AvgIpc) is 2.24. The zero-order valence-electron chi connectivity index (χ0n) is 11.1. The van der Waals surface area contributed by atoms with Gasteiger partial charge in [-0.1, -0.05) is 26.0 Å². The normalized spacial score (nSPS) is 12.6. The Balaban J connectivity index is 2.66. The molecule has 3 heteroatoms. The van der Waals surface area contributed by atoms with Crippen LogP contribution in [0.4, 0.5) is 5.69 Å². The Kier molecular flexibility index (Phi) is 4.70. The minimum Gasteiger partial charge on any atom is -0.327 e. The third-order valence-corrected chi connectivity index (χ3v) is 3.16. The monoisotopic (exact) mass is 234 g/mol. The summed E-state index contributed by atoms with van der Waals surface area (Å²) in [4.78, 5) is 11.8. The highest BCUT2D eigenvalue weighted by Crippen LogP contribution is 2.18. The molecule has 3 nitrogen and oxygen atoms in total. The lowest BCUT2D eigenvalue weighted by Gasteiger charge is -2.16. The molecule has 1 unspecified atom stereocenters. The number of aryl methyl sites for hydroxylation is 1. The highest BCUT2D eigenvalue weighted by molar-refractivity contribution is 5.92. The molecular formula is C14H22N2O. The molecule has 17 heavy (non-hydrogen) atoms. The maximum Gasteiger partial charge on any atom is 0.225 e. The minimum atomic E-state index is -0.0832. The van der Waals surface area contributed by atoms with Crippen LogP contribution >= 0.6 is 0 Å². The summed E-state index contributed by atoms with van der Waals surface area (Å²) in [5.41, 5.74) is 9.05. The number of amides is 1. The molecule has 0 aliphatic heterocycles. The summed E-state index contributed by atoms with van der Waals surface area (Å²) in [7, 11) is 0. The molecule has 0 aromatic heterocycles. The van der Waals surface area contributed by atoms with E-state index in [1.807, 2.05) is 45.9 Å². The molecule has 0 aliphatic carbocycles. The molecule has 1 atom stereocenters. The molecule has 0 bridgehead atoms. The van der Waals surface area contributed by atoms with Crippen molar-refractivity contribution in [1.82, 2.24) is 0 Å². The van der Waals surface area contributed by atoms with Gasteiger partial charge in [-0.05, 0) is 37.0 Å². The first-order valence-corrected chi connectivity index (χ1v) is 6.03. The van der Waals surface area contributed by atoms with Crippen LogP contribution in [0.1, 0.15) is 31.4 Å². The van der Waals surface area contributed by atoms with Crippen LogP contribution in [-0.2, 0) is 4.79 Å². The van der Waals surface area contributed by atoms with Crippen molar-refractivity contribution in [2.45, 2.75) is 40.2 Å². The summed E-state index contributed by atoms with van der Waals surface area (Å²) in [6.07, 6.45) is 0.366. The van der Waals surface area contributed by atoms with E-state index in [0.29, 0.717) is 12.3 Å². The predicted octanol–water partition coefficient (Wildman–Crippen LogP) is 2.62. The Hall–Kier alpha value is -1.35. The van der Waals surface area contributed by atoms with Gasteiger partial charge in [-0.2, -0.15) is 0 Å². The zero-order valence-corrected chi connectivity index (χ0v) is 11.1. The lowest BCUT2D eigenvalue weighted by Crippen LogP contribution is -2.31. The van der Waals surface area contributed by atoms with Crippen LogP contribution < -0.4 is 11.1 Å². The van der Waals surface area contributed by atoms with E-state index in [2.05, 4.69) is 5.32 Å². The van der Waals surface area contributed by atoms with Gasteiger partial charge in [0.1, 0.15) is 0 Å². The number of hydrogen-bond acceptors (Lipinski definition) is 2. The second-order valence-corrected chi connectivity index (χ2v) is 4.91. The standard InChI is InChI=1S/C14H22N2O/c1-9(2)12(15)8-14(17)16-13-7-5-6-10(3)11(13)4/h5-7,9,12H,8,15H2,1-4H3,(H,16,17). The lowest BCUT2D eigenvalue weighted by molar-refractivity contribution is -0.116. The van der Waals surface area contributed by atoms with Gasteiger partial charge >= 0.3 is 0 Å². The third-order valence-electron chi connectivity index (χ3n) is 3.16. The number of rotatable bonds is 4. The molecule has 1 amide bonds. The fraction of sp³-hybridized carbons (Fsp3) is 0.500. The quantitative estimate of drug-likeness (QED) is 0.841. The Labute approximate surface area is 103 Å². The molecular weight excluding hydrogens is 212 g/mol. The molecule has 0 radical (unpaired) electrons. The van der Waals surface area contributed by atoms with Crippen molar-refractivity contribution in [2.75, 3.05) is 5.32 Å². The number of hydrogen-bond donors (Lipinski definition) is 2. The van der Waals surface area contributed by atoms with Gasteiger partial charge in [0.2, 0.25) is 5.91 Å². The number of anilines is 1. The number of nitrogens with one attached hydrogen (secondary N) is 1. The fourth-order valence-electron chi connectivity index (χ4n) is 1.54. The van der Waals surface area contributed by atoms with E-state index < -0.39 is 0 Å². The Morgan fingerprint density at radius 2 is 2.00 bits per heavy atom. The molecule has 0 saturated heterocycles. The molecule has 94 valence electrons. The minimum absolute atomic E-state index is 0.0140.